The molecule has 1 N–H and O–H groups in total. The average molecular weight is 298 g/mol. The minimum Gasteiger partial charge on any atom is -0.465 e. The fourth-order valence-electron chi connectivity index (χ4n) is 2.95. The third kappa shape index (κ3) is 5.93. The summed E-state index contributed by atoms with van der Waals surface area (Å²) in [6.07, 6.45) is 5.91. The van der Waals surface area contributed by atoms with Crippen LogP contribution in [0.4, 0.5) is 0 Å². The molecule has 21 heavy (non-hydrogen) atoms. The molecule has 5 heteroatoms. The molecule has 0 amide bonds. The van der Waals surface area contributed by atoms with Crippen molar-refractivity contribution in [3.63, 3.8) is 0 Å². The molecule has 0 bridgehead atoms. The summed E-state index contributed by atoms with van der Waals surface area (Å²) in [4.78, 5) is 14.4. The Bertz CT molecular complexity index is 319. The van der Waals surface area contributed by atoms with Gasteiger partial charge in [0, 0.05) is 25.7 Å². The number of piperidine rings is 1. The molecule has 0 aromatic carbocycles. The maximum Gasteiger partial charge on any atom is 0.323 e. The molecule has 2 fully saturated rings. The molecule has 1 saturated heterocycles. The highest BCUT2D eigenvalue weighted by molar-refractivity contribution is 5.75. The molecule has 2 unspecified atom stereocenters. The van der Waals surface area contributed by atoms with Gasteiger partial charge in [0.2, 0.25) is 0 Å². The Morgan fingerprint density at radius 2 is 2.10 bits per heavy atom. The summed E-state index contributed by atoms with van der Waals surface area (Å²) in [5.74, 6) is -0.0947. The summed E-state index contributed by atoms with van der Waals surface area (Å²) >= 11 is 0. The summed E-state index contributed by atoms with van der Waals surface area (Å²) in [5.41, 5.74) is 0. The normalized spacial score (nSPS) is 24.8. The smallest absolute Gasteiger partial charge is 0.323 e. The van der Waals surface area contributed by atoms with Gasteiger partial charge in [-0.2, -0.15) is 0 Å². The molecule has 1 aliphatic heterocycles. The monoisotopic (exact) mass is 298 g/mol. The fraction of sp³-hybridized carbons (Fsp3) is 0.938. The number of ether oxygens (including phenoxy) is 2. The van der Waals surface area contributed by atoms with Gasteiger partial charge in [-0.25, -0.2) is 0 Å². The first kappa shape index (κ1) is 16.7. The zero-order valence-corrected chi connectivity index (χ0v) is 13.5. The first-order chi connectivity index (χ1) is 10.2. The molecule has 1 heterocycles. The van der Waals surface area contributed by atoms with Crippen LogP contribution in [-0.2, 0) is 14.3 Å². The lowest BCUT2D eigenvalue weighted by molar-refractivity contribution is -0.146. The Hall–Kier alpha value is -0.650. The number of carbonyl (C=O) groups excluding carboxylic acids is 1. The number of nitrogens with one attached hydrogen (secondary N) is 1. The summed E-state index contributed by atoms with van der Waals surface area (Å²) in [5, 5.41) is 3.42. The van der Waals surface area contributed by atoms with E-state index in [9.17, 15) is 4.79 Å². The van der Waals surface area contributed by atoms with Gasteiger partial charge in [0.1, 0.15) is 6.04 Å². The van der Waals surface area contributed by atoms with Crippen molar-refractivity contribution in [3.05, 3.63) is 0 Å². The van der Waals surface area contributed by atoms with Gasteiger partial charge < -0.3 is 19.7 Å². The van der Waals surface area contributed by atoms with Crippen LogP contribution < -0.4 is 5.32 Å². The molecule has 2 rings (SSSR count). The second kappa shape index (κ2) is 8.71. The fourth-order valence-corrected chi connectivity index (χ4v) is 2.95. The van der Waals surface area contributed by atoms with E-state index in [1.54, 1.807) is 0 Å². The molecule has 5 nitrogen and oxygen atoms in total. The minimum absolute atomic E-state index is 0.0947. The van der Waals surface area contributed by atoms with Crippen molar-refractivity contribution in [2.75, 3.05) is 32.8 Å². The van der Waals surface area contributed by atoms with E-state index in [1.165, 1.54) is 19.3 Å². The molecular formula is C16H30N2O3. The van der Waals surface area contributed by atoms with Crippen molar-refractivity contribution in [2.24, 2.45) is 0 Å². The molecule has 2 aliphatic rings. The third-order valence-corrected chi connectivity index (χ3v) is 4.18. The van der Waals surface area contributed by atoms with Crippen LogP contribution in [-0.4, -0.2) is 61.9 Å². The first-order valence-electron chi connectivity index (χ1n) is 8.49. The number of likely N-dealkylation sites (tertiary alicyclic amines) is 1. The van der Waals surface area contributed by atoms with Gasteiger partial charge in [0.15, 0.2) is 0 Å². The van der Waals surface area contributed by atoms with Crippen molar-refractivity contribution >= 4 is 5.97 Å². The summed E-state index contributed by atoms with van der Waals surface area (Å²) in [6.45, 7) is 8.20. The number of hydrogen-bond acceptors (Lipinski definition) is 5. The molecule has 0 spiro atoms. The van der Waals surface area contributed by atoms with Crippen molar-refractivity contribution in [2.45, 2.75) is 64.1 Å². The Morgan fingerprint density at radius 1 is 1.29 bits per heavy atom. The second-order valence-electron chi connectivity index (χ2n) is 6.05. The predicted molar refractivity (Wildman–Crippen MR) is 82.3 cm³/mol. The molecule has 2 atom stereocenters. The highest BCUT2D eigenvalue weighted by atomic mass is 16.5. The largest absolute Gasteiger partial charge is 0.465 e. The SMILES string of the molecule is CCOC(=O)C(CCN1CCCC(OCC)C1)NC1CC1. The topological polar surface area (TPSA) is 50.8 Å². The molecule has 0 radical (unpaired) electrons. The molecule has 1 aliphatic carbocycles. The van der Waals surface area contributed by atoms with Crippen LogP contribution in [0.2, 0.25) is 0 Å². The van der Waals surface area contributed by atoms with Crippen LogP contribution in [0.5, 0.6) is 0 Å². The Morgan fingerprint density at radius 3 is 2.76 bits per heavy atom. The summed E-state index contributed by atoms with van der Waals surface area (Å²) in [7, 11) is 0. The van der Waals surface area contributed by atoms with Crippen LogP contribution >= 0.6 is 0 Å². The Kier molecular flexibility index (Phi) is 6.93. The van der Waals surface area contributed by atoms with Crippen molar-refractivity contribution in [1.29, 1.82) is 0 Å². The third-order valence-electron chi connectivity index (χ3n) is 4.18. The van der Waals surface area contributed by atoms with Gasteiger partial charge in [-0.1, -0.05) is 0 Å². The molecule has 0 aromatic rings. The van der Waals surface area contributed by atoms with E-state index < -0.39 is 0 Å². The van der Waals surface area contributed by atoms with E-state index in [2.05, 4.69) is 17.1 Å². The van der Waals surface area contributed by atoms with Crippen LogP contribution in [0.1, 0.15) is 46.0 Å². The zero-order valence-electron chi connectivity index (χ0n) is 13.5. The summed E-state index contributed by atoms with van der Waals surface area (Å²) in [6, 6.07) is 0.377. The molecule has 1 saturated carbocycles. The highest BCUT2D eigenvalue weighted by Crippen LogP contribution is 2.21. The number of hydrogen-bond donors (Lipinski definition) is 1. The standard InChI is InChI=1S/C16H30N2O3/c1-3-20-14-6-5-10-18(12-14)11-9-15(16(19)21-4-2)17-13-7-8-13/h13-15,17H,3-12H2,1-2H3. The van der Waals surface area contributed by atoms with E-state index in [4.69, 9.17) is 9.47 Å². The Labute approximate surface area is 128 Å². The van der Waals surface area contributed by atoms with Gasteiger partial charge in [-0.15, -0.1) is 0 Å². The summed E-state index contributed by atoms with van der Waals surface area (Å²) < 4.78 is 10.9. The number of rotatable bonds is 9. The van der Waals surface area contributed by atoms with Crippen LogP contribution in [0, 0.1) is 0 Å². The highest BCUT2D eigenvalue weighted by Gasteiger charge is 2.30. The second-order valence-corrected chi connectivity index (χ2v) is 6.05. The molecule has 122 valence electrons. The maximum atomic E-state index is 12.0. The first-order valence-corrected chi connectivity index (χ1v) is 8.49. The van der Waals surface area contributed by atoms with Crippen LogP contribution in [0.25, 0.3) is 0 Å². The van der Waals surface area contributed by atoms with Gasteiger partial charge in [0.25, 0.3) is 0 Å². The maximum absolute atomic E-state index is 12.0. The van der Waals surface area contributed by atoms with Crippen molar-refractivity contribution < 1.29 is 14.3 Å². The quantitative estimate of drug-likeness (QED) is 0.655. The average Bonchev–Trinajstić information content (AvgIpc) is 3.28. The van der Waals surface area contributed by atoms with Gasteiger partial charge in [0.05, 0.1) is 12.7 Å². The Balaban J connectivity index is 1.75. The van der Waals surface area contributed by atoms with E-state index in [0.717, 1.165) is 39.1 Å². The number of esters is 1. The van der Waals surface area contributed by atoms with Crippen LogP contribution in [0.15, 0.2) is 0 Å². The molecular weight excluding hydrogens is 268 g/mol. The lowest BCUT2D eigenvalue weighted by Gasteiger charge is -2.33. The number of nitrogens with zero attached hydrogens (tertiary/aromatic N) is 1. The van der Waals surface area contributed by atoms with E-state index in [-0.39, 0.29) is 12.0 Å². The minimum atomic E-state index is -0.148. The van der Waals surface area contributed by atoms with Crippen LogP contribution in [0.3, 0.4) is 0 Å². The lowest BCUT2D eigenvalue weighted by atomic mass is 10.1. The van der Waals surface area contributed by atoms with Gasteiger partial charge >= 0.3 is 5.97 Å². The van der Waals surface area contributed by atoms with E-state index in [0.29, 0.717) is 18.8 Å². The van der Waals surface area contributed by atoms with Crippen molar-refractivity contribution in [3.8, 4) is 0 Å². The molecule has 0 aromatic heterocycles. The zero-order chi connectivity index (χ0) is 15.1. The number of carbonyl (C=O) groups is 1. The lowest BCUT2D eigenvalue weighted by Crippen LogP contribution is -2.45. The van der Waals surface area contributed by atoms with Gasteiger partial charge in [-0.05, 0) is 52.5 Å². The predicted octanol–water partition coefficient (Wildman–Crippen LogP) is 1.56. The van der Waals surface area contributed by atoms with Crippen molar-refractivity contribution in [1.82, 2.24) is 10.2 Å². The van der Waals surface area contributed by atoms with Gasteiger partial charge in [-0.3, -0.25) is 4.79 Å². The van der Waals surface area contributed by atoms with E-state index in [1.807, 2.05) is 6.92 Å². The van der Waals surface area contributed by atoms with E-state index >= 15 is 0 Å².